The van der Waals surface area contributed by atoms with Crippen LogP contribution >= 0.6 is 11.3 Å². The molecular formula is C36H25N9O2S. The van der Waals surface area contributed by atoms with E-state index in [1.807, 2.05) is 72.2 Å². The average Bonchev–Trinajstić information content (AvgIpc) is 3.99. The molecular weight excluding hydrogens is 623 g/mol. The largest absolute Gasteiger partial charge is 0.449 e. The van der Waals surface area contributed by atoms with Gasteiger partial charge in [-0.25, -0.2) is 19.9 Å². The molecule has 0 bridgehead atoms. The number of hydrogen-bond donors (Lipinski definition) is 1. The number of thiazole rings is 1. The van der Waals surface area contributed by atoms with E-state index in [9.17, 15) is 0 Å². The van der Waals surface area contributed by atoms with Gasteiger partial charge in [0.05, 0.1) is 46.8 Å². The first-order valence-electron chi connectivity index (χ1n) is 15.2. The van der Waals surface area contributed by atoms with E-state index in [4.69, 9.17) is 33.8 Å². The molecule has 11 nitrogen and oxygen atoms in total. The van der Waals surface area contributed by atoms with E-state index in [0.717, 1.165) is 21.6 Å². The van der Waals surface area contributed by atoms with Crippen LogP contribution in [0.4, 0.5) is 11.7 Å². The highest BCUT2D eigenvalue weighted by Crippen LogP contribution is 2.58. The van der Waals surface area contributed by atoms with Crippen LogP contribution in [0, 0.1) is 0 Å². The second-order valence-electron chi connectivity index (χ2n) is 11.0. The molecule has 0 aliphatic carbocycles. The Balaban J connectivity index is 1.53. The van der Waals surface area contributed by atoms with Crippen molar-refractivity contribution in [2.45, 2.75) is 11.7 Å². The summed E-state index contributed by atoms with van der Waals surface area (Å²) in [6.45, 7) is 0. The highest BCUT2D eigenvalue weighted by molar-refractivity contribution is 7.09. The van der Waals surface area contributed by atoms with Crippen molar-refractivity contribution in [1.82, 2.24) is 34.9 Å². The summed E-state index contributed by atoms with van der Waals surface area (Å²) < 4.78 is 12.5. The molecule has 232 valence electrons. The van der Waals surface area contributed by atoms with Crippen molar-refractivity contribution >= 4 is 45.2 Å². The Kier molecular flexibility index (Phi) is 6.64. The van der Waals surface area contributed by atoms with Crippen LogP contribution in [0.5, 0.6) is 0 Å². The lowest BCUT2D eigenvalue weighted by atomic mass is 9.85. The molecule has 0 saturated carbocycles. The third-order valence-corrected chi connectivity index (χ3v) is 9.22. The Hall–Kier alpha value is -6.40. The first kappa shape index (κ1) is 27.9. The van der Waals surface area contributed by atoms with Crippen molar-refractivity contribution in [3.8, 4) is 0 Å². The van der Waals surface area contributed by atoms with Gasteiger partial charge in [0, 0.05) is 47.8 Å². The maximum Gasteiger partial charge on any atom is 0.226 e. The minimum absolute atomic E-state index is 0.389. The van der Waals surface area contributed by atoms with Crippen LogP contribution in [0.25, 0.3) is 22.2 Å². The van der Waals surface area contributed by atoms with Crippen molar-refractivity contribution in [2.75, 3.05) is 9.80 Å². The number of nitrogens with one attached hydrogen (secondary N) is 1. The van der Waals surface area contributed by atoms with E-state index in [-0.39, 0.29) is 0 Å². The molecule has 1 N–H and O–H groups in total. The van der Waals surface area contributed by atoms with Gasteiger partial charge in [-0.1, -0.05) is 30.3 Å². The minimum Gasteiger partial charge on any atom is -0.449 e. The number of oxazole rings is 1. The van der Waals surface area contributed by atoms with Crippen molar-refractivity contribution < 1.29 is 8.83 Å². The summed E-state index contributed by atoms with van der Waals surface area (Å²) in [5.41, 5.74) is 2.96. The zero-order chi connectivity index (χ0) is 31.9. The van der Waals surface area contributed by atoms with Gasteiger partial charge in [0.1, 0.15) is 28.8 Å². The van der Waals surface area contributed by atoms with Crippen molar-refractivity contribution in [2.24, 2.45) is 0 Å². The molecule has 2 atom stereocenters. The topological polar surface area (TPSA) is 126 Å². The number of pyridine rings is 2. The molecule has 0 radical (unpaired) electrons. The number of nitrogens with zero attached hydrogens (tertiary/aromatic N) is 8. The predicted molar refractivity (Wildman–Crippen MR) is 181 cm³/mol. The Labute approximate surface area is 277 Å². The number of anilines is 2. The fourth-order valence-corrected chi connectivity index (χ4v) is 7.32. The summed E-state index contributed by atoms with van der Waals surface area (Å²) >= 11 is 1.52. The number of furan rings is 1. The minimum atomic E-state index is -1.29. The van der Waals surface area contributed by atoms with Crippen molar-refractivity contribution in [3.05, 3.63) is 168 Å². The quantitative estimate of drug-likeness (QED) is 0.188. The van der Waals surface area contributed by atoms with E-state index in [0.29, 0.717) is 40.3 Å². The lowest BCUT2D eigenvalue weighted by Gasteiger charge is -2.56. The van der Waals surface area contributed by atoms with Gasteiger partial charge in [0.25, 0.3) is 0 Å². The van der Waals surface area contributed by atoms with E-state index < -0.39 is 11.7 Å². The second kappa shape index (κ2) is 11.4. The van der Waals surface area contributed by atoms with Crippen molar-refractivity contribution in [3.63, 3.8) is 0 Å². The first-order chi connectivity index (χ1) is 23.8. The molecule has 9 rings (SSSR count). The van der Waals surface area contributed by atoms with Gasteiger partial charge in [-0.15, -0.1) is 11.3 Å². The van der Waals surface area contributed by atoms with Crippen LogP contribution in [0.3, 0.4) is 0 Å². The summed E-state index contributed by atoms with van der Waals surface area (Å²) in [5, 5.41) is 3.74. The molecule has 2 unspecified atom stereocenters. The van der Waals surface area contributed by atoms with E-state index in [2.05, 4.69) is 38.0 Å². The van der Waals surface area contributed by atoms with Crippen LogP contribution in [-0.2, 0) is 5.66 Å². The van der Waals surface area contributed by atoms with Crippen LogP contribution < -0.4 is 9.80 Å². The molecule has 8 aromatic rings. The van der Waals surface area contributed by atoms with Gasteiger partial charge in [-0.05, 0) is 42.5 Å². The fraction of sp³-hybridized carbons (Fsp3) is 0.0556. The normalized spacial score (nSPS) is 18.1. The number of para-hydroxylation sites is 1. The Bertz CT molecular complexity index is 2310. The van der Waals surface area contributed by atoms with Crippen LogP contribution in [0.1, 0.15) is 34.0 Å². The van der Waals surface area contributed by atoms with Crippen LogP contribution in [-0.4, -0.2) is 34.9 Å². The molecule has 0 fully saturated rings. The van der Waals surface area contributed by atoms with Crippen molar-refractivity contribution in [1.29, 1.82) is 0 Å². The summed E-state index contributed by atoms with van der Waals surface area (Å²) in [6, 6.07) is 25.2. The third-order valence-electron chi connectivity index (χ3n) is 8.39. The molecule has 48 heavy (non-hydrogen) atoms. The van der Waals surface area contributed by atoms with Gasteiger partial charge in [-0.2, -0.15) is 0 Å². The number of H-pyrrole nitrogens is 1. The van der Waals surface area contributed by atoms with E-state index >= 15 is 0 Å². The maximum atomic E-state index is 6.37. The molecule has 0 saturated heterocycles. The molecule has 1 aliphatic heterocycles. The Morgan fingerprint density at radius 3 is 2.48 bits per heavy atom. The molecule has 7 aromatic heterocycles. The van der Waals surface area contributed by atoms with Crippen LogP contribution in [0.15, 0.2) is 149 Å². The first-order valence-corrected chi connectivity index (χ1v) is 16.1. The Morgan fingerprint density at radius 2 is 1.73 bits per heavy atom. The number of rotatable bonds is 7. The second-order valence-corrected chi connectivity index (χ2v) is 11.9. The number of fused-ring (bicyclic) bond motifs is 1. The number of hydrogen-bond acceptors (Lipinski definition) is 11. The zero-order valence-corrected chi connectivity index (χ0v) is 26.0. The number of aromatic amines is 1. The Morgan fingerprint density at radius 1 is 0.771 bits per heavy atom. The predicted octanol–water partition coefficient (Wildman–Crippen LogP) is 7.32. The number of aromatic nitrogens is 7. The van der Waals surface area contributed by atoms with Gasteiger partial charge in [-0.3, -0.25) is 19.8 Å². The van der Waals surface area contributed by atoms with Gasteiger partial charge in [0.2, 0.25) is 11.6 Å². The highest BCUT2D eigenvalue weighted by Gasteiger charge is 2.60. The molecule has 0 amide bonds. The molecule has 1 aliphatic rings. The zero-order valence-electron chi connectivity index (χ0n) is 25.2. The monoisotopic (exact) mass is 647 g/mol. The van der Waals surface area contributed by atoms with E-state index in [1.165, 1.54) is 11.3 Å². The maximum absolute atomic E-state index is 6.37. The number of benzene rings is 1. The smallest absolute Gasteiger partial charge is 0.226 e. The third kappa shape index (κ3) is 4.27. The summed E-state index contributed by atoms with van der Waals surface area (Å²) in [5.74, 6) is 1.56. The SMILES string of the molecule is c1ccc(N2C(c3cnccn3)=C(c3ncco3)C(c3nccs3)N(c3ccco3)C2(c2ccc3ccccc3n2)c2ccc[nH]2)nc1. The summed E-state index contributed by atoms with van der Waals surface area (Å²) in [6.07, 6.45) is 15.4. The standard InChI is InChI=1S/C36H25N9O2S/c1-2-8-25-24(7-1)12-13-28(43-25)36(27-9-5-15-39-27)44(29-10-3-4-14-40-29)32(26-23-37-16-17-38-26)31(34-41-18-21-47-34)33(35-42-19-22-48-35)45(36)30-11-6-20-46-30/h1-23,33,39H. The molecule has 1 aromatic carbocycles. The molecule has 12 heteroatoms. The van der Waals surface area contributed by atoms with Gasteiger partial charge >= 0.3 is 0 Å². The average molecular weight is 648 g/mol. The summed E-state index contributed by atoms with van der Waals surface area (Å²) in [7, 11) is 0. The lowest BCUT2D eigenvalue weighted by molar-refractivity contribution is 0.385. The summed E-state index contributed by atoms with van der Waals surface area (Å²) in [4.78, 5) is 37.3. The van der Waals surface area contributed by atoms with Gasteiger partial charge < -0.3 is 13.8 Å². The fourth-order valence-electron chi connectivity index (χ4n) is 6.58. The molecule has 8 heterocycles. The van der Waals surface area contributed by atoms with E-state index in [1.54, 1.807) is 49.7 Å². The van der Waals surface area contributed by atoms with Crippen LogP contribution in [0.2, 0.25) is 0 Å². The van der Waals surface area contributed by atoms with Gasteiger partial charge in [0.15, 0.2) is 5.88 Å². The molecule has 0 spiro atoms. The lowest BCUT2D eigenvalue weighted by Crippen LogP contribution is -2.63. The highest BCUT2D eigenvalue weighted by atomic mass is 32.1.